The molecular weight excluding hydrogens is 604 g/mol. The summed E-state index contributed by atoms with van der Waals surface area (Å²) in [5.74, 6) is -0.796. The smallest absolute Gasteiger partial charge is 0.335 e. The zero-order valence-corrected chi connectivity index (χ0v) is 30.0. The lowest BCUT2D eigenvalue weighted by Crippen LogP contribution is -2.30. The number of anilines is 1. The molecule has 7 rings (SSSR count). The van der Waals surface area contributed by atoms with E-state index in [2.05, 4.69) is 100.0 Å². The fraction of sp³-hybridized carbons (Fsp3) is 0.364. The molecule has 5 nitrogen and oxygen atoms in total. The van der Waals surface area contributed by atoms with E-state index in [-0.39, 0.29) is 16.7 Å². The number of carbonyl (C=O) groups excluding carboxylic acids is 1. The normalized spacial score (nSPS) is 17.7. The number of rotatable bonds is 4. The van der Waals surface area contributed by atoms with Crippen LogP contribution < -0.4 is 4.90 Å². The van der Waals surface area contributed by atoms with Gasteiger partial charge in [-0.1, -0.05) is 70.2 Å². The van der Waals surface area contributed by atoms with E-state index in [1.807, 2.05) is 30.0 Å². The summed E-state index contributed by atoms with van der Waals surface area (Å²) in [6, 6.07) is 24.1. The maximum absolute atomic E-state index is 13.7. The van der Waals surface area contributed by atoms with E-state index in [0.29, 0.717) is 12.1 Å². The fourth-order valence-corrected chi connectivity index (χ4v) is 7.97. The summed E-state index contributed by atoms with van der Waals surface area (Å²) < 4.78 is 2.23. The molecule has 2 aliphatic carbocycles. The monoisotopic (exact) mass is 654 g/mol. The molecule has 2 heterocycles. The number of fused-ring (bicyclic) bond motifs is 2. The van der Waals surface area contributed by atoms with Crippen LogP contribution in [-0.4, -0.2) is 21.6 Å². The number of carboxylic acid groups (broad SMARTS) is 1. The quantitative estimate of drug-likeness (QED) is 0.238. The average Bonchev–Trinajstić information content (AvgIpc) is 3.43. The molecule has 0 spiro atoms. The van der Waals surface area contributed by atoms with Crippen LogP contribution in [0, 0.1) is 24.7 Å². The van der Waals surface area contributed by atoms with E-state index >= 15 is 0 Å². The van der Waals surface area contributed by atoms with Crippen molar-refractivity contribution in [3.8, 4) is 0 Å². The molecule has 254 valence electrons. The van der Waals surface area contributed by atoms with E-state index in [4.69, 9.17) is 5.11 Å². The van der Waals surface area contributed by atoms with Crippen LogP contribution >= 0.6 is 0 Å². The summed E-state index contributed by atoms with van der Waals surface area (Å²) in [4.78, 5) is 26.6. The Morgan fingerprint density at radius 2 is 1.27 bits per heavy atom. The van der Waals surface area contributed by atoms with Gasteiger partial charge >= 0.3 is 5.97 Å². The highest BCUT2D eigenvalue weighted by molar-refractivity contribution is 6.07. The predicted molar refractivity (Wildman–Crippen MR) is 201 cm³/mol. The number of amides is 1. The van der Waals surface area contributed by atoms with Crippen molar-refractivity contribution in [2.45, 2.75) is 93.2 Å². The molecule has 0 saturated carbocycles. The Balaban J connectivity index is 0.000000197. The van der Waals surface area contributed by atoms with Gasteiger partial charge in [-0.05, 0) is 145 Å². The van der Waals surface area contributed by atoms with Crippen molar-refractivity contribution < 1.29 is 14.7 Å². The molecule has 49 heavy (non-hydrogen) atoms. The highest BCUT2D eigenvalue weighted by atomic mass is 16.4. The fourth-order valence-electron chi connectivity index (χ4n) is 7.97. The SMILES string of the molecule is Cc1cc(C(=O)N2Cc3cccn3Cc3ccccc32)ccc1C1=CCCCC1(C)C.Cc1cc(C(=O)O)ccc1C1=CCCCC1(C)C. The van der Waals surface area contributed by atoms with Crippen LogP contribution in [0.4, 0.5) is 5.69 Å². The molecule has 0 fully saturated rings. The first kappa shape index (κ1) is 34.2. The van der Waals surface area contributed by atoms with Gasteiger partial charge in [-0.25, -0.2) is 4.79 Å². The van der Waals surface area contributed by atoms with Crippen LogP contribution in [-0.2, 0) is 13.1 Å². The third kappa shape index (κ3) is 7.08. The second kappa shape index (κ2) is 13.7. The van der Waals surface area contributed by atoms with Crippen molar-refractivity contribution in [1.29, 1.82) is 0 Å². The Kier molecular flexibility index (Phi) is 9.57. The molecule has 5 heteroatoms. The average molecular weight is 655 g/mol. The topological polar surface area (TPSA) is 62.5 Å². The molecule has 1 aliphatic heterocycles. The lowest BCUT2D eigenvalue weighted by molar-refractivity contribution is 0.0696. The molecule has 0 atom stereocenters. The van der Waals surface area contributed by atoms with Crippen LogP contribution in [0.2, 0.25) is 0 Å². The standard InChI is InChI=1S/C28H30N2O.C16H20O2/c1-20-17-21(13-14-24(20)25-11-6-7-15-28(25,2)3)27(31)30-19-23-10-8-16-29(23)18-22-9-4-5-12-26(22)30;1-11-10-12(15(17)18)7-8-13(11)14-6-4-5-9-16(14,2)3/h4-5,8-14,16-17H,6-7,15,18-19H2,1-3H3;6-8,10H,4-5,9H2,1-3H3,(H,17,18). The molecule has 3 aliphatic rings. The van der Waals surface area contributed by atoms with E-state index in [1.54, 1.807) is 12.1 Å². The number of aromatic nitrogens is 1. The first-order valence-corrected chi connectivity index (χ1v) is 17.8. The number of carbonyl (C=O) groups is 2. The largest absolute Gasteiger partial charge is 0.478 e. The number of allylic oxidation sites excluding steroid dienone is 4. The molecular formula is C44H50N2O3. The first-order chi connectivity index (χ1) is 23.4. The maximum Gasteiger partial charge on any atom is 0.335 e. The number of para-hydroxylation sites is 1. The van der Waals surface area contributed by atoms with Gasteiger partial charge in [0.2, 0.25) is 0 Å². The highest BCUT2D eigenvalue weighted by Crippen LogP contribution is 2.45. The Labute approximate surface area is 292 Å². The lowest BCUT2D eigenvalue weighted by Gasteiger charge is -2.33. The van der Waals surface area contributed by atoms with Crippen molar-refractivity contribution in [3.05, 3.63) is 136 Å². The molecule has 0 unspecified atom stereocenters. The number of nitrogens with zero attached hydrogens (tertiary/aromatic N) is 2. The number of aromatic carboxylic acids is 1. The minimum atomic E-state index is -0.860. The maximum atomic E-state index is 13.7. The third-order valence-electron chi connectivity index (χ3n) is 10.8. The van der Waals surface area contributed by atoms with E-state index in [9.17, 15) is 9.59 Å². The van der Waals surface area contributed by atoms with Crippen molar-refractivity contribution in [2.75, 3.05) is 4.90 Å². The second-order valence-electron chi connectivity index (χ2n) is 15.3. The molecule has 3 aromatic carbocycles. The molecule has 1 amide bonds. The number of carboxylic acids is 1. The van der Waals surface area contributed by atoms with Crippen LogP contribution in [0.1, 0.15) is 120 Å². The molecule has 0 saturated heterocycles. The summed E-state index contributed by atoms with van der Waals surface area (Å²) in [6.07, 6.45) is 14.0. The summed E-state index contributed by atoms with van der Waals surface area (Å²) in [5, 5.41) is 9.00. The third-order valence-corrected chi connectivity index (χ3v) is 10.8. The zero-order valence-electron chi connectivity index (χ0n) is 30.0. The van der Waals surface area contributed by atoms with Gasteiger partial charge in [0.1, 0.15) is 0 Å². The molecule has 0 radical (unpaired) electrons. The Bertz CT molecular complexity index is 1950. The van der Waals surface area contributed by atoms with Gasteiger partial charge < -0.3 is 14.6 Å². The van der Waals surface area contributed by atoms with Gasteiger partial charge in [0.05, 0.1) is 12.1 Å². The molecule has 1 aromatic heterocycles. The zero-order chi connectivity index (χ0) is 34.9. The van der Waals surface area contributed by atoms with Crippen LogP contribution in [0.25, 0.3) is 11.1 Å². The van der Waals surface area contributed by atoms with Gasteiger partial charge in [-0.15, -0.1) is 0 Å². The van der Waals surface area contributed by atoms with E-state index in [0.717, 1.165) is 41.9 Å². The van der Waals surface area contributed by atoms with Crippen LogP contribution in [0.3, 0.4) is 0 Å². The summed E-state index contributed by atoms with van der Waals surface area (Å²) in [6.45, 7) is 14.7. The number of benzene rings is 3. The van der Waals surface area contributed by atoms with Crippen molar-refractivity contribution >= 4 is 28.7 Å². The van der Waals surface area contributed by atoms with Crippen molar-refractivity contribution in [1.82, 2.24) is 4.57 Å². The van der Waals surface area contributed by atoms with Crippen molar-refractivity contribution in [2.24, 2.45) is 10.8 Å². The number of hydrogen-bond acceptors (Lipinski definition) is 2. The predicted octanol–water partition coefficient (Wildman–Crippen LogP) is 10.9. The van der Waals surface area contributed by atoms with Crippen LogP contribution in [0.5, 0.6) is 0 Å². The minimum absolute atomic E-state index is 0.0635. The molecule has 4 aromatic rings. The molecule has 1 N–H and O–H groups in total. The Morgan fingerprint density at radius 1 is 0.694 bits per heavy atom. The van der Waals surface area contributed by atoms with E-state index < -0.39 is 5.97 Å². The Hall–Kier alpha value is -4.64. The van der Waals surface area contributed by atoms with Gasteiger partial charge in [0.15, 0.2) is 0 Å². The van der Waals surface area contributed by atoms with Crippen molar-refractivity contribution in [3.63, 3.8) is 0 Å². The minimum Gasteiger partial charge on any atom is -0.478 e. The summed E-state index contributed by atoms with van der Waals surface area (Å²) in [7, 11) is 0. The second-order valence-corrected chi connectivity index (χ2v) is 15.3. The lowest BCUT2D eigenvalue weighted by atomic mass is 9.72. The first-order valence-electron chi connectivity index (χ1n) is 17.8. The summed E-state index contributed by atoms with van der Waals surface area (Å²) in [5.41, 5.74) is 12.3. The van der Waals surface area contributed by atoms with Crippen LogP contribution in [0.15, 0.2) is 91.1 Å². The molecule has 0 bridgehead atoms. The number of hydrogen-bond donors (Lipinski definition) is 1. The van der Waals surface area contributed by atoms with E-state index in [1.165, 1.54) is 59.1 Å². The number of aryl methyl sites for hydroxylation is 2. The van der Waals surface area contributed by atoms with Gasteiger partial charge in [0, 0.05) is 29.7 Å². The Morgan fingerprint density at radius 3 is 1.84 bits per heavy atom. The highest BCUT2D eigenvalue weighted by Gasteiger charge is 2.30. The summed E-state index contributed by atoms with van der Waals surface area (Å²) >= 11 is 0. The van der Waals surface area contributed by atoms with Gasteiger partial charge in [-0.3, -0.25) is 4.79 Å². The van der Waals surface area contributed by atoms with Gasteiger partial charge in [0.25, 0.3) is 5.91 Å². The van der Waals surface area contributed by atoms with Gasteiger partial charge in [-0.2, -0.15) is 0 Å².